The molecule has 1 saturated heterocycles. The number of nitrogens with zero attached hydrogens (tertiary/aromatic N) is 5. The Morgan fingerprint density at radius 1 is 1.30 bits per heavy atom. The zero-order valence-corrected chi connectivity index (χ0v) is 18.3. The molecule has 4 heterocycles. The van der Waals surface area contributed by atoms with E-state index in [9.17, 15) is 9.59 Å². The summed E-state index contributed by atoms with van der Waals surface area (Å²) in [4.78, 5) is 33.2. The number of carbonyl (C=O) groups is 1. The van der Waals surface area contributed by atoms with Crippen LogP contribution in [-0.4, -0.2) is 69.4 Å². The van der Waals surface area contributed by atoms with Crippen LogP contribution in [0.25, 0.3) is 16.2 Å². The number of rotatable bonds is 6. The van der Waals surface area contributed by atoms with E-state index in [1.165, 1.54) is 11.3 Å². The van der Waals surface area contributed by atoms with Crippen molar-refractivity contribution in [3.8, 4) is 11.3 Å². The van der Waals surface area contributed by atoms with Crippen LogP contribution in [0, 0.1) is 13.8 Å². The van der Waals surface area contributed by atoms with Gasteiger partial charge in [0, 0.05) is 50.0 Å². The molecule has 1 aliphatic heterocycles. The van der Waals surface area contributed by atoms with Crippen LogP contribution in [0.5, 0.6) is 0 Å². The third-order valence-electron chi connectivity index (χ3n) is 5.39. The third-order valence-corrected chi connectivity index (χ3v) is 6.26. The predicted molar refractivity (Wildman–Crippen MR) is 115 cm³/mol. The molecule has 1 fully saturated rings. The molecule has 0 saturated carbocycles. The molecule has 0 radical (unpaired) electrons. The highest BCUT2D eigenvalue weighted by molar-refractivity contribution is 7.15. The minimum atomic E-state index is -0.187. The lowest BCUT2D eigenvalue weighted by Gasteiger charge is -2.26. The first-order chi connectivity index (χ1) is 14.4. The summed E-state index contributed by atoms with van der Waals surface area (Å²) < 4.78 is 8.61. The first kappa shape index (κ1) is 20.7. The van der Waals surface area contributed by atoms with Gasteiger partial charge in [-0.3, -0.25) is 23.6 Å². The molecule has 9 nitrogen and oxygen atoms in total. The molecule has 160 valence electrons. The molecule has 10 heteroatoms. The number of thiazole rings is 1. The summed E-state index contributed by atoms with van der Waals surface area (Å²) in [6, 6.07) is 1.88. The topological polar surface area (TPSA) is 93.8 Å². The van der Waals surface area contributed by atoms with Crippen LogP contribution in [0.1, 0.15) is 17.1 Å². The minimum absolute atomic E-state index is 0.106. The van der Waals surface area contributed by atoms with Crippen molar-refractivity contribution in [3.63, 3.8) is 0 Å². The second-order valence-electron chi connectivity index (χ2n) is 7.50. The van der Waals surface area contributed by atoms with E-state index in [-0.39, 0.29) is 17.9 Å². The molecule has 0 aromatic carbocycles. The van der Waals surface area contributed by atoms with Crippen LogP contribution in [0.3, 0.4) is 0 Å². The lowest BCUT2D eigenvalue weighted by molar-refractivity contribution is -0.120. The van der Waals surface area contributed by atoms with Crippen molar-refractivity contribution >= 4 is 22.2 Å². The fraction of sp³-hybridized carbons (Fsp3) is 0.500. The highest BCUT2D eigenvalue weighted by Crippen LogP contribution is 2.21. The molecule has 1 aliphatic rings. The summed E-state index contributed by atoms with van der Waals surface area (Å²) >= 11 is 1.37. The molecule has 1 amide bonds. The van der Waals surface area contributed by atoms with Crippen molar-refractivity contribution in [3.05, 3.63) is 38.9 Å². The van der Waals surface area contributed by atoms with Gasteiger partial charge in [0.15, 0.2) is 4.96 Å². The highest BCUT2D eigenvalue weighted by atomic mass is 32.1. The Morgan fingerprint density at radius 2 is 2.07 bits per heavy atom. The average Bonchev–Trinajstić information content (AvgIpc) is 3.25. The highest BCUT2D eigenvalue weighted by Gasteiger charge is 2.19. The van der Waals surface area contributed by atoms with Gasteiger partial charge >= 0.3 is 0 Å². The fourth-order valence-corrected chi connectivity index (χ4v) is 4.54. The number of aromatic nitrogens is 4. The number of hydrogen-bond acceptors (Lipinski definition) is 7. The summed E-state index contributed by atoms with van der Waals surface area (Å²) in [6.07, 6.45) is 0.133. The Kier molecular flexibility index (Phi) is 5.98. The SMILES string of the molecule is Cc1nc2scc(CC(=O)NCCN3CCOCC3)n2c(=O)c1-c1cc(C)n(C)n1. The van der Waals surface area contributed by atoms with Crippen LogP contribution in [-0.2, 0) is 23.0 Å². The number of carbonyl (C=O) groups excluding carboxylic acids is 1. The molecule has 0 bridgehead atoms. The van der Waals surface area contributed by atoms with E-state index in [2.05, 4.69) is 20.3 Å². The van der Waals surface area contributed by atoms with Gasteiger partial charge in [-0.15, -0.1) is 11.3 Å². The summed E-state index contributed by atoms with van der Waals surface area (Å²) in [5, 5.41) is 9.23. The fourth-order valence-electron chi connectivity index (χ4n) is 3.61. The van der Waals surface area contributed by atoms with Crippen molar-refractivity contribution in [2.45, 2.75) is 20.3 Å². The lowest BCUT2D eigenvalue weighted by atomic mass is 10.1. The van der Waals surface area contributed by atoms with Gasteiger partial charge in [-0.05, 0) is 19.9 Å². The van der Waals surface area contributed by atoms with Crippen LogP contribution in [0.4, 0.5) is 0 Å². The van der Waals surface area contributed by atoms with Crippen molar-refractivity contribution in [2.24, 2.45) is 7.05 Å². The number of fused-ring (bicyclic) bond motifs is 1. The Morgan fingerprint density at radius 3 is 2.77 bits per heavy atom. The maximum absolute atomic E-state index is 13.3. The Bertz CT molecular complexity index is 1110. The van der Waals surface area contributed by atoms with E-state index >= 15 is 0 Å². The maximum Gasteiger partial charge on any atom is 0.268 e. The van der Waals surface area contributed by atoms with E-state index in [1.807, 2.05) is 32.3 Å². The number of amides is 1. The van der Waals surface area contributed by atoms with Gasteiger partial charge in [0.25, 0.3) is 5.56 Å². The van der Waals surface area contributed by atoms with Crippen LogP contribution >= 0.6 is 11.3 Å². The minimum Gasteiger partial charge on any atom is -0.379 e. The number of nitrogens with one attached hydrogen (secondary N) is 1. The van der Waals surface area contributed by atoms with E-state index in [0.29, 0.717) is 34.2 Å². The number of aryl methyl sites for hydroxylation is 3. The van der Waals surface area contributed by atoms with Crippen molar-refractivity contribution in [2.75, 3.05) is 39.4 Å². The number of morpholine rings is 1. The zero-order chi connectivity index (χ0) is 21.3. The largest absolute Gasteiger partial charge is 0.379 e. The summed E-state index contributed by atoms with van der Waals surface area (Å²) in [7, 11) is 1.84. The van der Waals surface area contributed by atoms with Gasteiger partial charge in [0.05, 0.1) is 36.6 Å². The molecule has 3 aromatic heterocycles. The molecular formula is C20H26N6O3S. The normalized spacial score (nSPS) is 15.0. The summed E-state index contributed by atoms with van der Waals surface area (Å²) in [6.45, 7) is 8.38. The summed E-state index contributed by atoms with van der Waals surface area (Å²) in [5.41, 5.74) is 3.13. The van der Waals surface area contributed by atoms with Gasteiger partial charge in [-0.1, -0.05) is 0 Å². The van der Waals surface area contributed by atoms with Crippen molar-refractivity contribution in [1.82, 2.24) is 29.4 Å². The van der Waals surface area contributed by atoms with E-state index in [1.54, 1.807) is 9.08 Å². The molecular weight excluding hydrogens is 404 g/mol. The summed E-state index contributed by atoms with van der Waals surface area (Å²) in [5.74, 6) is -0.106. The predicted octanol–water partition coefficient (Wildman–Crippen LogP) is 0.764. The van der Waals surface area contributed by atoms with Gasteiger partial charge in [-0.2, -0.15) is 5.10 Å². The Hall–Kier alpha value is -2.56. The molecule has 0 atom stereocenters. The zero-order valence-electron chi connectivity index (χ0n) is 17.5. The second kappa shape index (κ2) is 8.66. The first-order valence-corrected chi connectivity index (χ1v) is 10.9. The first-order valence-electron chi connectivity index (χ1n) is 10.0. The van der Waals surface area contributed by atoms with Gasteiger partial charge < -0.3 is 10.1 Å². The van der Waals surface area contributed by atoms with Crippen LogP contribution in [0.2, 0.25) is 0 Å². The standard InChI is InChI=1S/C20H26N6O3S/c1-13-10-16(23-24(13)3)18-14(2)22-20-26(19(18)28)15(12-30-20)11-17(27)21-4-5-25-6-8-29-9-7-25/h10,12H,4-9,11H2,1-3H3,(H,21,27). The van der Waals surface area contributed by atoms with Crippen LogP contribution < -0.4 is 10.9 Å². The molecule has 0 aliphatic carbocycles. The number of ether oxygens (including phenoxy) is 1. The lowest BCUT2D eigenvalue weighted by Crippen LogP contribution is -2.41. The van der Waals surface area contributed by atoms with E-state index in [4.69, 9.17) is 4.74 Å². The molecule has 1 N–H and O–H groups in total. The second-order valence-corrected chi connectivity index (χ2v) is 8.33. The molecule has 3 aromatic rings. The molecule has 4 rings (SSSR count). The monoisotopic (exact) mass is 430 g/mol. The van der Waals surface area contributed by atoms with Gasteiger partial charge in [0.2, 0.25) is 5.91 Å². The van der Waals surface area contributed by atoms with Gasteiger partial charge in [0.1, 0.15) is 0 Å². The third kappa shape index (κ3) is 4.16. The molecule has 0 spiro atoms. The number of hydrogen-bond donors (Lipinski definition) is 1. The van der Waals surface area contributed by atoms with Crippen LogP contribution in [0.15, 0.2) is 16.2 Å². The average molecular weight is 431 g/mol. The Labute approximate surface area is 178 Å². The molecule has 30 heavy (non-hydrogen) atoms. The Balaban J connectivity index is 1.52. The smallest absolute Gasteiger partial charge is 0.268 e. The van der Waals surface area contributed by atoms with Crippen molar-refractivity contribution in [1.29, 1.82) is 0 Å². The van der Waals surface area contributed by atoms with Crippen molar-refractivity contribution < 1.29 is 9.53 Å². The maximum atomic E-state index is 13.3. The van der Waals surface area contributed by atoms with E-state index < -0.39 is 0 Å². The van der Waals surface area contributed by atoms with E-state index in [0.717, 1.165) is 38.5 Å². The quantitative estimate of drug-likeness (QED) is 0.621. The van der Waals surface area contributed by atoms with Gasteiger partial charge in [-0.25, -0.2) is 4.98 Å². The molecule has 0 unspecified atom stereocenters.